The van der Waals surface area contributed by atoms with Gasteiger partial charge < -0.3 is 10.1 Å². The van der Waals surface area contributed by atoms with E-state index in [0.717, 1.165) is 31.5 Å². The summed E-state index contributed by atoms with van der Waals surface area (Å²) >= 11 is 2.20. The third-order valence-electron chi connectivity index (χ3n) is 3.54. The molecule has 0 atom stereocenters. The van der Waals surface area contributed by atoms with E-state index in [9.17, 15) is 4.79 Å². The fourth-order valence-electron chi connectivity index (χ4n) is 2.55. The van der Waals surface area contributed by atoms with Crippen molar-refractivity contribution in [3.05, 3.63) is 45.2 Å². The molecule has 124 valence electrons. The Morgan fingerprint density at radius 1 is 1.33 bits per heavy atom. The molecular weight excluding hydrogens is 419 g/mol. The Kier molecular flexibility index (Phi) is 4.70. The summed E-state index contributed by atoms with van der Waals surface area (Å²) < 4.78 is 8.36. The predicted molar refractivity (Wildman–Crippen MR) is 101 cm³/mol. The van der Waals surface area contributed by atoms with Crippen molar-refractivity contribution in [3.63, 3.8) is 0 Å². The highest BCUT2D eigenvalue weighted by atomic mass is 127. The molecule has 0 bridgehead atoms. The van der Waals surface area contributed by atoms with Crippen LogP contribution in [0, 0.1) is 17.4 Å². The average Bonchev–Trinajstić information content (AvgIpc) is 2.82. The zero-order valence-electron chi connectivity index (χ0n) is 13.6. The van der Waals surface area contributed by atoms with Gasteiger partial charge in [-0.05, 0) is 66.3 Å². The summed E-state index contributed by atoms with van der Waals surface area (Å²) in [6.45, 7) is 3.82. The van der Waals surface area contributed by atoms with Gasteiger partial charge in [0.2, 0.25) is 5.88 Å². The van der Waals surface area contributed by atoms with Crippen molar-refractivity contribution in [2.45, 2.75) is 13.8 Å². The van der Waals surface area contributed by atoms with Crippen molar-refractivity contribution in [2.24, 2.45) is 7.05 Å². The molecule has 0 radical (unpaired) electrons. The van der Waals surface area contributed by atoms with E-state index in [1.165, 1.54) is 0 Å². The molecule has 0 saturated heterocycles. The number of nitrogens with one attached hydrogen (secondary N) is 1. The van der Waals surface area contributed by atoms with Gasteiger partial charge in [-0.15, -0.1) is 5.10 Å². The Morgan fingerprint density at radius 3 is 2.88 bits per heavy atom. The lowest BCUT2D eigenvalue weighted by Crippen LogP contribution is -2.20. The molecule has 1 aromatic carbocycles. The van der Waals surface area contributed by atoms with Crippen LogP contribution in [0.25, 0.3) is 11.0 Å². The van der Waals surface area contributed by atoms with Gasteiger partial charge in [-0.2, -0.15) is 0 Å². The number of hydrogen-bond acceptors (Lipinski definition) is 4. The lowest BCUT2D eigenvalue weighted by Gasteiger charge is -2.07. The first kappa shape index (κ1) is 16.7. The maximum atomic E-state index is 12.1. The summed E-state index contributed by atoms with van der Waals surface area (Å²) in [6.07, 6.45) is 0. The van der Waals surface area contributed by atoms with Crippen LogP contribution >= 0.6 is 22.6 Å². The first-order chi connectivity index (χ1) is 11.4. The molecule has 2 heterocycles. The smallest absolute Gasteiger partial charge is 0.262 e. The van der Waals surface area contributed by atoms with Crippen LogP contribution in [0.3, 0.4) is 0 Å². The number of carbonyl (C=O) groups is 1. The van der Waals surface area contributed by atoms with Crippen molar-refractivity contribution in [2.75, 3.05) is 11.9 Å². The molecule has 3 rings (SSSR count). The summed E-state index contributed by atoms with van der Waals surface area (Å²) in [6, 6.07) is 9.56. The topological polar surface area (TPSA) is 69.0 Å². The van der Waals surface area contributed by atoms with Crippen LogP contribution in [-0.4, -0.2) is 27.3 Å². The number of hydrogen-bond donors (Lipinski definition) is 1. The van der Waals surface area contributed by atoms with Gasteiger partial charge in [0.05, 0.1) is 5.39 Å². The second-order valence-corrected chi connectivity index (χ2v) is 6.80. The SMILES string of the molecule is Cc1cc(C)c2c(OCC(=O)Nc3cccc(I)c3)nn(C)c2n1. The van der Waals surface area contributed by atoms with Gasteiger partial charge in [-0.1, -0.05) is 6.07 Å². The minimum absolute atomic E-state index is 0.106. The second kappa shape index (κ2) is 6.76. The molecule has 6 nitrogen and oxygen atoms in total. The molecule has 3 aromatic rings. The number of aromatic nitrogens is 3. The van der Waals surface area contributed by atoms with Crippen LogP contribution in [0.15, 0.2) is 30.3 Å². The zero-order valence-corrected chi connectivity index (χ0v) is 15.8. The maximum absolute atomic E-state index is 12.1. The van der Waals surface area contributed by atoms with Crippen molar-refractivity contribution in [1.82, 2.24) is 14.8 Å². The molecule has 0 unspecified atom stereocenters. The Labute approximate surface area is 153 Å². The van der Waals surface area contributed by atoms with E-state index in [4.69, 9.17) is 4.74 Å². The van der Waals surface area contributed by atoms with Gasteiger partial charge in [0, 0.05) is 22.0 Å². The van der Waals surface area contributed by atoms with Crippen molar-refractivity contribution >= 4 is 45.2 Å². The monoisotopic (exact) mass is 436 g/mol. The molecule has 7 heteroatoms. The first-order valence-electron chi connectivity index (χ1n) is 7.43. The number of benzene rings is 1. The number of nitrogens with zero attached hydrogens (tertiary/aromatic N) is 3. The molecule has 1 N–H and O–H groups in total. The number of halogens is 1. The van der Waals surface area contributed by atoms with Gasteiger partial charge in [-0.25, -0.2) is 9.67 Å². The summed E-state index contributed by atoms with van der Waals surface area (Å²) in [5, 5.41) is 7.99. The fraction of sp³-hybridized carbons (Fsp3) is 0.235. The van der Waals surface area contributed by atoms with E-state index in [-0.39, 0.29) is 12.5 Å². The lowest BCUT2D eigenvalue weighted by molar-refractivity contribution is -0.118. The molecule has 1 amide bonds. The fourth-order valence-corrected chi connectivity index (χ4v) is 3.09. The minimum Gasteiger partial charge on any atom is -0.466 e. The number of anilines is 1. The molecule has 0 aliphatic rings. The van der Waals surface area contributed by atoms with E-state index < -0.39 is 0 Å². The summed E-state index contributed by atoms with van der Waals surface area (Å²) in [4.78, 5) is 16.6. The zero-order chi connectivity index (χ0) is 17.3. The molecule has 2 aromatic heterocycles. The Balaban J connectivity index is 1.75. The number of fused-ring (bicyclic) bond motifs is 1. The van der Waals surface area contributed by atoms with Crippen LogP contribution < -0.4 is 10.1 Å². The number of aryl methyl sites for hydroxylation is 3. The lowest BCUT2D eigenvalue weighted by atomic mass is 10.2. The number of amides is 1. The van der Waals surface area contributed by atoms with Crippen molar-refractivity contribution in [3.8, 4) is 5.88 Å². The van der Waals surface area contributed by atoms with E-state index in [1.807, 2.05) is 51.2 Å². The molecule has 0 spiro atoms. The third kappa shape index (κ3) is 3.50. The summed E-state index contributed by atoms with van der Waals surface area (Å²) in [7, 11) is 1.81. The molecule has 0 aliphatic carbocycles. The molecule has 0 saturated carbocycles. The largest absolute Gasteiger partial charge is 0.466 e. The Bertz CT molecular complexity index is 920. The van der Waals surface area contributed by atoms with Crippen LogP contribution in [0.1, 0.15) is 11.3 Å². The average molecular weight is 436 g/mol. The van der Waals surface area contributed by atoms with E-state index in [2.05, 4.69) is 38.0 Å². The first-order valence-corrected chi connectivity index (χ1v) is 8.51. The van der Waals surface area contributed by atoms with E-state index >= 15 is 0 Å². The highest BCUT2D eigenvalue weighted by Crippen LogP contribution is 2.27. The summed E-state index contributed by atoms with van der Waals surface area (Å²) in [5.74, 6) is 0.198. The van der Waals surface area contributed by atoms with Crippen LogP contribution in [-0.2, 0) is 11.8 Å². The minimum atomic E-state index is -0.228. The van der Waals surface area contributed by atoms with Gasteiger partial charge in [0.25, 0.3) is 5.91 Å². The van der Waals surface area contributed by atoms with Crippen LogP contribution in [0.4, 0.5) is 5.69 Å². The predicted octanol–water partition coefficient (Wildman–Crippen LogP) is 3.21. The maximum Gasteiger partial charge on any atom is 0.262 e. The van der Waals surface area contributed by atoms with E-state index in [1.54, 1.807) is 4.68 Å². The molecule has 24 heavy (non-hydrogen) atoms. The second-order valence-electron chi connectivity index (χ2n) is 5.56. The number of pyridine rings is 1. The molecule has 0 fully saturated rings. The molecular formula is C17H17IN4O2. The van der Waals surface area contributed by atoms with Crippen molar-refractivity contribution in [1.29, 1.82) is 0 Å². The van der Waals surface area contributed by atoms with Gasteiger partial charge in [0.15, 0.2) is 12.3 Å². The van der Waals surface area contributed by atoms with Crippen LogP contribution in [0.5, 0.6) is 5.88 Å². The standard InChI is InChI=1S/C17H17IN4O2/c1-10-7-11(2)19-16-15(10)17(21-22(16)3)24-9-14(23)20-13-6-4-5-12(18)8-13/h4-8H,9H2,1-3H3,(H,20,23). The number of rotatable bonds is 4. The Hall–Kier alpha value is -2.16. The number of carbonyl (C=O) groups excluding carboxylic acids is 1. The van der Waals surface area contributed by atoms with Gasteiger partial charge in [-0.3, -0.25) is 4.79 Å². The quantitative estimate of drug-likeness (QED) is 0.638. The highest BCUT2D eigenvalue weighted by molar-refractivity contribution is 14.1. The van der Waals surface area contributed by atoms with Gasteiger partial charge in [0.1, 0.15) is 0 Å². The Morgan fingerprint density at radius 2 is 2.12 bits per heavy atom. The molecule has 0 aliphatic heterocycles. The van der Waals surface area contributed by atoms with Crippen molar-refractivity contribution < 1.29 is 9.53 Å². The van der Waals surface area contributed by atoms with Crippen LogP contribution in [0.2, 0.25) is 0 Å². The summed E-state index contributed by atoms with van der Waals surface area (Å²) in [5.41, 5.74) is 3.44. The number of ether oxygens (including phenoxy) is 1. The normalized spacial score (nSPS) is 10.8. The van der Waals surface area contributed by atoms with Gasteiger partial charge >= 0.3 is 0 Å². The van der Waals surface area contributed by atoms with E-state index in [0.29, 0.717) is 5.88 Å². The highest BCUT2D eigenvalue weighted by Gasteiger charge is 2.15. The third-order valence-corrected chi connectivity index (χ3v) is 4.21.